The summed E-state index contributed by atoms with van der Waals surface area (Å²) in [4.78, 5) is 25.4. The van der Waals surface area contributed by atoms with Gasteiger partial charge in [-0.25, -0.2) is 4.79 Å². The van der Waals surface area contributed by atoms with E-state index in [9.17, 15) is 20.0 Å². The lowest BCUT2D eigenvalue weighted by molar-refractivity contribution is -0.386. The molecule has 1 aromatic heterocycles. The van der Waals surface area contributed by atoms with Gasteiger partial charge in [0.25, 0.3) is 0 Å². The molecule has 34 heavy (non-hydrogen) atoms. The number of nitro benzene ring substituents is 1. The van der Waals surface area contributed by atoms with Crippen LogP contribution in [0.2, 0.25) is 0 Å². The van der Waals surface area contributed by atoms with Crippen molar-refractivity contribution in [2.45, 2.75) is 26.7 Å². The SMILES string of the molecule is Cc1ccccc1-c1cccc2c(CCCOc3cccc(C)c3[N+](=O)[O-])c(OC(=O)O)[nH]c12. The number of aromatic amines is 1. The fourth-order valence-corrected chi connectivity index (χ4v) is 4.19. The molecule has 0 saturated carbocycles. The molecule has 3 aromatic carbocycles. The van der Waals surface area contributed by atoms with Crippen LogP contribution in [0.15, 0.2) is 60.7 Å². The van der Waals surface area contributed by atoms with Crippen molar-refractivity contribution in [3.63, 3.8) is 0 Å². The number of rotatable bonds is 8. The molecule has 0 bridgehead atoms. The summed E-state index contributed by atoms with van der Waals surface area (Å²) in [5.41, 5.74) is 5.07. The van der Waals surface area contributed by atoms with E-state index in [1.807, 2.05) is 49.4 Å². The molecule has 4 rings (SSSR count). The lowest BCUT2D eigenvalue weighted by Gasteiger charge is -2.09. The van der Waals surface area contributed by atoms with Crippen LogP contribution in [0.3, 0.4) is 0 Å². The van der Waals surface area contributed by atoms with E-state index in [1.165, 1.54) is 0 Å². The van der Waals surface area contributed by atoms with Gasteiger partial charge in [-0.05, 0) is 43.9 Å². The zero-order valence-corrected chi connectivity index (χ0v) is 18.8. The van der Waals surface area contributed by atoms with E-state index in [0.29, 0.717) is 18.4 Å². The maximum atomic E-state index is 11.4. The number of aromatic nitrogens is 1. The minimum Gasteiger partial charge on any atom is -0.487 e. The molecular formula is C26H24N2O6. The Morgan fingerprint density at radius 3 is 2.44 bits per heavy atom. The maximum Gasteiger partial charge on any atom is 0.512 e. The monoisotopic (exact) mass is 460 g/mol. The van der Waals surface area contributed by atoms with Crippen molar-refractivity contribution < 1.29 is 24.3 Å². The van der Waals surface area contributed by atoms with Gasteiger partial charge >= 0.3 is 11.8 Å². The Balaban J connectivity index is 1.62. The van der Waals surface area contributed by atoms with Gasteiger partial charge in [0.15, 0.2) is 5.75 Å². The first kappa shape index (κ1) is 22.8. The molecule has 0 radical (unpaired) electrons. The molecule has 0 saturated heterocycles. The second kappa shape index (κ2) is 9.66. The van der Waals surface area contributed by atoms with Crippen LogP contribution in [-0.4, -0.2) is 27.8 Å². The fraction of sp³-hybridized carbons (Fsp3) is 0.192. The number of carbonyl (C=O) groups is 1. The summed E-state index contributed by atoms with van der Waals surface area (Å²) in [5.74, 6) is 0.387. The van der Waals surface area contributed by atoms with E-state index >= 15 is 0 Å². The third kappa shape index (κ3) is 4.56. The standard InChI is InChI=1S/C26H24N2O6/c1-16-8-3-4-10-18(16)19-11-6-12-20-21(25(27-23(19)20)34-26(29)30)13-7-15-33-22-14-5-9-17(2)24(22)28(31)32/h3-6,8-12,14,27H,7,13,15H2,1-2H3,(H,29,30). The van der Waals surface area contributed by atoms with Crippen molar-refractivity contribution in [2.24, 2.45) is 0 Å². The third-order valence-electron chi connectivity index (χ3n) is 5.74. The fourth-order valence-electron chi connectivity index (χ4n) is 4.19. The average molecular weight is 460 g/mol. The largest absolute Gasteiger partial charge is 0.512 e. The van der Waals surface area contributed by atoms with Crippen molar-refractivity contribution >= 4 is 22.7 Å². The van der Waals surface area contributed by atoms with Crippen molar-refractivity contribution in [1.29, 1.82) is 0 Å². The molecule has 8 heteroatoms. The van der Waals surface area contributed by atoms with Crippen LogP contribution in [-0.2, 0) is 6.42 Å². The smallest absolute Gasteiger partial charge is 0.487 e. The molecule has 0 spiro atoms. The van der Waals surface area contributed by atoms with Crippen LogP contribution >= 0.6 is 0 Å². The van der Waals surface area contributed by atoms with Crippen molar-refractivity contribution in [3.8, 4) is 22.8 Å². The Morgan fingerprint density at radius 1 is 1.00 bits per heavy atom. The Bertz CT molecular complexity index is 1380. The number of hydrogen-bond donors (Lipinski definition) is 2. The number of aryl methyl sites for hydroxylation is 3. The minimum atomic E-state index is -1.41. The lowest BCUT2D eigenvalue weighted by atomic mass is 9.97. The first-order valence-corrected chi connectivity index (χ1v) is 10.8. The average Bonchev–Trinajstić information content (AvgIpc) is 3.13. The first-order valence-electron chi connectivity index (χ1n) is 10.8. The number of ether oxygens (including phenoxy) is 2. The van der Waals surface area contributed by atoms with E-state index in [1.54, 1.807) is 25.1 Å². The lowest BCUT2D eigenvalue weighted by Crippen LogP contribution is -2.06. The van der Waals surface area contributed by atoms with Gasteiger partial charge in [0.2, 0.25) is 5.88 Å². The summed E-state index contributed by atoms with van der Waals surface area (Å²) in [6, 6.07) is 18.8. The molecule has 4 aromatic rings. The number of hydrogen-bond acceptors (Lipinski definition) is 5. The van der Waals surface area contributed by atoms with Gasteiger partial charge in [0, 0.05) is 22.1 Å². The summed E-state index contributed by atoms with van der Waals surface area (Å²) in [6.07, 6.45) is -0.445. The molecule has 1 heterocycles. The van der Waals surface area contributed by atoms with Gasteiger partial charge in [-0.15, -0.1) is 0 Å². The predicted octanol–water partition coefficient (Wildman–Crippen LogP) is 6.43. The molecule has 0 aliphatic carbocycles. The summed E-state index contributed by atoms with van der Waals surface area (Å²) in [5, 5.41) is 21.5. The number of para-hydroxylation sites is 2. The highest BCUT2D eigenvalue weighted by Gasteiger charge is 2.20. The van der Waals surface area contributed by atoms with Gasteiger partial charge in [-0.1, -0.05) is 54.6 Å². The first-order chi connectivity index (χ1) is 16.4. The van der Waals surface area contributed by atoms with Crippen LogP contribution in [0.1, 0.15) is 23.1 Å². The minimum absolute atomic E-state index is 0.0487. The van der Waals surface area contributed by atoms with E-state index in [0.717, 1.165) is 33.2 Å². The molecule has 0 aliphatic rings. The van der Waals surface area contributed by atoms with E-state index < -0.39 is 11.1 Å². The summed E-state index contributed by atoms with van der Waals surface area (Å²) >= 11 is 0. The molecule has 0 unspecified atom stereocenters. The zero-order valence-electron chi connectivity index (χ0n) is 18.8. The Morgan fingerprint density at radius 2 is 1.71 bits per heavy atom. The molecule has 0 atom stereocenters. The zero-order chi connectivity index (χ0) is 24.2. The maximum absolute atomic E-state index is 11.4. The van der Waals surface area contributed by atoms with E-state index in [4.69, 9.17) is 9.47 Å². The highest BCUT2D eigenvalue weighted by atomic mass is 16.7. The highest BCUT2D eigenvalue weighted by Crippen LogP contribution is 2.37. The predicted molar refractivity (Wildman–Crippen MR) is 129 cm³/mol. The van der Waals surface area contributed by atoms with Crippen molar-refractivity contribution in [3.05, 3.63) is 87.5 Å². The normalized spacial score (nSPS) is 10.9. The highest BCUT2D eigenvalue weighted by molar-refractivity contribution is 5.98. The Hall–Kier alpha value is -4.33. The van der Waals surface area contributed by atoms with Crippen LogP contribution in [0.25, 0.3) is 22.0 Å². The molecule has 0 amide bonds. The van der Waals surface area contributed by atoms with Gasteiger partial charge in [-0.2, -0.15) is 0 Å². The number of benzene rings is 3. The quantitative estimate of drug-likeness (QED) is 0.136. The number of carboxylic acid groups (broad SMARTS) is 1. The second-order valence-corrected chi connectivity index (χ2v) is 7.97. The number of H-pyrrole nitrogens is 1. The van der Waals surface area contributed by atoms with E-state index in [2.05, 4.69) is 4.98 Å². The van der Waals surface area contributed by atoms with Gasteiger partial charge in [-0.3, -0.25) is 10.1 Å². The van der Waals surface area contributed by atoms with Crippen molar-refractivity contribution in [1.82, 2.24) is 4.98 Å². The Kier molecular flexibility index (Phi) is 6.49. The number of nitrogens with zero attached hydrogens (tertiary/aromatic N) is 1. The number of fused-ring (bicyclic) bond motifs is 1. The van der Waals surface area contributed by atoms with Crippen LogP contribution in [0.4, 0.5) is 10.5 Å². The van der Waals surface area contributed by atoms with Gasteiger partial charge in [0.05, 0.1) is 17.0 Å². The number of nitro groups is 1. The summed E-state index contributed by atoms with van der Waals surface area (Å²) < 4.78 is 10.8. The van der Waals surface area contributed by atoms with Crippen LogP contribution < -0.4 is 9.47 Å². The molecule has 0 aliphatic heterocycles. The van der Waals surface area contributed by atoms with Gasteiger partial charge in [0.1, 0.15) is 0 Å². The molecule has 174 valence electrons. The topological polar surface area (TPSA) is 115 Å². The van der Waals surface area contributed by atoms with E-state index in [-0.39, 0.29) is 23.9 Å². The van der Waals surface area contributed by atoms with Gasteiger partial charge < -0.3 is 19.6 Å². The Labute approximate surface area is 195 Å². The molecule has 2 N–H and O–H groups in total. The van der Waals surface area contributed by atoms with Crippen LogP contribution in [0.5, 0.6) is 11.6 Å². The molecule has 0 fully saturated rings. The second-order valence-electron chi connectivity index (χ2n) is 7.97. The summed E-state index contributed by atoms with van der Waals surface area (Å²) in [7, 11) is 0. The molecular weight excluding hydrogens is 436 g/mol. The third-order valence-corrected chi connectivity index (χ3v) is 5.74. The van der Waals surface area contributed by atoms with Crippen LogP contribution in [0, 0.1) is 24.0 Å². The summed E-state index contributed by atoms with van der Waals surface area (Å²) in [6.45, 7) is 3.91. The van der Waals surface area contributed by atoms with Crippen molar-refractivity contribution in [2.75, 3.05) is 6.61 Å². The number of nitrogens with one attached hydrogen (secondary N) is 1. The molecule has 8 nitrogen and oxygen atoms in total.